The van der Waals surface area contributed by atoms with Gasteiger partial charge >= 0.3 is 0 Å². The van der Waals surface area contributed by atoms with Gasteiger partial charge < -0.3 is 5.32 Å². The van der Waals surface area contributed by atoms with Crippen molar-refractivity contribution < 1.29 is 8.42 Å². The molecule has 1 unspecified atom stereocenters. The largest absolute Gasteiger partial charge is 0.314 e. The van der Waals surface area contributed by atoms with Crippen molar-refractivity contribution in [2.24, 2.45) is 0 Å². The summed E-state index contributed by atoms with van der Waals surface area (Å²) in [7, 11) is -1.83. The van der Waals surface area contributed by atoms with Crippen molar-refractivity contribution >= 4 is 9.84 Å². The van der Waals surface area contributed by atoms with E-state index in [1.807, 2.05) is 67.7 Å². The third kappa shape index (κ3) is 4.58. The van der Waals surface area contributed by atoms with Crippen molar-refractivity contribution in [1.82, 2.24) is 15.1 Å². The van der Waals surface area contributed by atoms with Gasteiger partial charge in [0.05, 0.1) is 17.5 Å². The predicted octanol–water partition coefficient (Wildman–Crippen LogP) is 3.22. The number of nitrogens with zero attached hydrogens (tertiary/aromatic N) is 2. The number of hydrogen-bond donors (Lipinski definition) is 1. The van der Waals surface area contributed by atoms with Gasteiger partial charge in [0, 0.05) is 6.54 Å². The Kier molecular flexibility index (Phi) is 6.44. The Morgan fingerprint density at radius 3 is 2.25 bits per heavy atom. The van der Waals surface area contributed by atoms with Gasteiger partial charge in [-0.05, 0) is 30.7 Å². The van der Waals surface area contributed by atoms with Crippen LogP contribution in [0, 0.1) is 0 Å². The normalized spacial score (nSPS) is 12.6. The van der Waals surface area contributed by atoms with Crippen molar-refractivity contribution in [2.45, 2.75) is 29.8 Å². The zero-order valence-electron chi connectivity index (χ0n) is 16.0. The van der Waals surface area contributed by atoms with Gasteiger partial charge in [0.15, 0.2) is 5.03 Å². The minimum atomic E-state index is -3.64. The Labute approximate surface area is 166 Å². The predicted molar refractivity (Wildman–Crippen MR) is 112 cm³/mol. The van der Waals surface area contributed by atoms with Crippen LogP contribution in [0.1, 0.15) is 16.8 Å². The quantitative estimate of drug-likeness (QED) is 0.565. The SMILES string of the molecule is C=CC(Cc1ccccc1)S(=O)(=O)c1cc(CNC)nn1Cc1ccccc1. The van der Waals surface area contributed by atoms with Crippen LogP contribution in [-0.2, 0) is 29.3 Å². The van der Waals surface area contributed by atoms with Crippen LogP contribution in [0.15, 0.2) is 84.4 Å². The summed E-state index contributed by atoms with van der Waals surface area (Å²) in [6.07, 6.45) is 1.89. The maximum absolute atomic E-state index is 13.4. The van der Waals surface area contributed by atoms with E-state index in [0.717, 1.165) is 11.1 Å². The fraction of sp³-hybridized carbons (Fsp3) is 0.227. The highest BCUT2D eigenvalue weighted by atomic mass is 32.2. The molecule has 146 valence electrons. The molecule has 0 radical (unpaired) electrons. The zero-order valence-corrected chi connectivity index (χ0v) is 16.8. The van der Waals surface area contributed by atoms with Gasteiger partial charge in [0.25, 0.3) is 0 Å². The third-order valence-electron chi connectivity index (χ3n) is 4.56. The topological polar surface area (TPSA) is 64.0 Å². The Hall–Kier alpha value is -2.70. The van der Waals surface area contributed by atoms with E-state index in [4.69, 9.17) is 0 Å². The first-order valence-electron chi connectivity index (χ1n) is 9.20. The monoisotopic (exact) mass is 395 g/mol. The number of aromatic nitrogens is 2. The molecule has 3 aromatic rings. The molecule has 1 heterocycles. The van der Waals surface area contributed by atoms with Crippen LogP contribution in [-0.4, -0.2) is 30.5 Å². The summed E-state index contributed by atoms with van der Waals surface area (Å²) in [5, 5.41) is 7.06. The Morgan fingerprint density at radius 1 is 1.07 bits per heavy atom. The van der Waals surface area contributed by atoms with E-state index in [1.54, 1.807) is 10.7 Å². The molecule has 0 amide bonds. The molecule has 6 heteroatoms. The maximum Gasteiger partial charge on any atom is 0.202 e. The van der Waals surface area contributed by atoms with Gasteiger partial charge in [-0.3, -0.25) is 0 Å². The molecule has 0 saturated carbocycles. The van der Waals surface area contributed by atoms with Gasteiger partial charge in [-0.25, -0.2) is 13.1 Å². The summed E-state index contributed by atoms with van der Waals surface area (Å²) in [5.41, 5.74) is 2.65. The summed E-state index contributed by atoms with van der Waals surface area (Å²) in [5.74, 6) is 0. The van der Waals surface area contributed by atoms with Crippen LogP contribution in [0.4, 0.5) is 0 Å². The summed E-state index contributed by atoms with van der Waals surface area (Å²) in [4.78, 5) is 0. The van der Waals surface area contributed by atoms with Gasteiger partial charge in [-0.1, -0.05) is 66.7 Å². The first-order chi connectivity index (χ1) is 13.5. The molecule has 0 fully saturated rings. The molecule has 2 aromatic carbocycles. The van der Waals surface area contributed by atoms with E-state index >= 15 is 0 Å². The number of sulfone groups is 1. The molecule has 0 aliphatic heterocycles. The van der Waals surface area contributed by atoms with E-state index in [-0.39, 0.29) is 5.03 Å². The van der Waals surface area contributed by atoms with E-state index in [1.165, 1.54) is 6.08 Å². The van der Waals surface area contributed by atoms with Crippen LogP contribution in [0.5, 0.6) is 0 Å². The second kappa shape index (κ2) is 8.99. The average Bonchev–Trinajstić information content (AvgIpc) is 3.11. The van der Waals surface area contributed by atoms with Crippen LogP contribution in [0.25, 0.3) is 0 Å². The average molecular weight is 396 g/mol. The summed E-state index contributed by atoms with van der Waals surface area (Å²) >= 11 is 0. The Bertz CT molecular complexity index is 1010. The molecule has 1 N–H and O–H groups in total. The molecular formula is C22H25N3O2S. The molecule has 0 saturated heterocycles. The Morgan fingerprint density at radius 2 is 1.68 bits per heavy atom. The minimum Gasteiger partial charge on any atom is -0.314 e. The van der Waals surface area contributed by atoms with E-state index in [2.05, 4.69) is 17.0 Å². The maximum atomic E-state index is 13.4. The highest BCUT2D eigenvalue weighted by molar-refractivity contribution is 7.92. The lowest BCUT2D eigenvalue weighted by atomic mass is 10.1. The molecule has 0 aliphatic rings. The van der Waals surface area contributed by atoms with Crippen molar-refractivity contribution in [1.29, 1.82) is 0 Å². The van der Waals surface area contributed by atoms with Crippen LogP contribution >= 0.6 is 0 Å². The van der Waals surface area contributed by atoms with E-state index < -0.39 is 15.1 Å². The highest BCUT2D eigenvalue weighted by Gasteiger charge is 2.29. The fourth-order valence-corrected chi connectivity index (χ4v) is 4.81. The smallest absolute Gasteiger partial charge is 0.202 e. The van der Waals surface area contributed by atoms with Crippen molar-refractivity contribution in [2.75, 3.05) is 7.05 Å². The third-order valence-corrected chi connectivity index (χ3v) is 6.63. The summed E-state index contributed by atoms with van der Waals surface area (Å²) < 4.78 is 28.5. The lowest BCUT2D eigenvalue weighted by Crippen LogP contribution is -2.24. The lowest BCUT2D eigenvalue weighted by Gasteiger charge is -2.15. The zero-order chi connectivity index (χ0) is 20.0. The molecule has 0 aliphatic carbocycles. The number of benzene rings is 2. The lowest BCUT2D eigenvalue weighted by molar-refractivity contribution is 0.554. The van der Waals surface area contributed by atoms with Crippen LogP contribution < -0.4 is 5.32 Å². The van der Waals surface area contributed by atoms with Gasteiger partial charge in [-0.15, -0.1) is 6.58 Å². The van der Waals surface area contributed by atoms with Crippen LogP contribution in [0.3, 0.4) is 0 Å². The number of hydrogen-bond acceptors (Lipinski definition) is 4. The van der Waals surface area contributed by atoms with Gasteiger partial charge in [-0.2, -0.15) is 5.10 Å². The number of nitrogens with one attached hydrogen (secondary N) is 1. The minimum absolute atomic E-state index is 0.224. The van der Waals surface area contributed by atoms with Gasteiger partial charge in [0.1, 0.15) is 0 Å². The fourth-order valence-electron chi connectivity index (χ4n) is 3.14. The van der Waals surface area contributed by atoms with E-state index in [0.29, 0.717) is 25.2 Å². The molecule has 0 bridgehead atoms. The molecule has 3 rings (SSSR count). The number of rotatable bonds is 9. The molecule has 1 aromatic heterocycles. The van der Waals surface area contributed by atoms with Crippen molar-refractivity contribution in [3.05, 3.63) is 96.2 Å². The Balaban J connectivity index is 1.97. The summed E-state index contributed by atoms with van der Waals surface area (Å²) in [6.45, 7) is 4.68. The van der Waals surface area contributed by atoms with Crippen molar-refractivity contribution in [3.63, 3.8) is 0 Å². The highest BCUT2D eigenvalue weighted by Crippen LogP contribution is 2.22. The first-order valence-corrected chi connectivity index (χ1v) is 10.7. The molecular weight excluding hydrogens is 370 g/mol. The van der Waals surface area contributed by atoms with Gasteiger partial charge in [0.2, 0.25) is 9.84 Å². The summed E-state index contributed by atoms with van der Waals surface area (Å²) in [6, 6.07) is 21.0. The molecule has 28 heavy (non-hydrogen) atoms. The van der Waals surface area contributed by atoms with Crippen molar-refractivity contribution in [3.8, 4) is 0 Å². The molecule has 1 atom stereocenters. The molecule has 5 nitrogen and oxygen atoms in total. The second-order valence-corrected chi connectivity index (χ2v) is 8.77. The first kappa shape index (κ1) is 20.0. The van der Waals surface area contributed by atoms with E-state index in [9.17, 15) is 8.42 Å². The second-order valence-electron chi connectivity index (χ2n) is 6.66. The standard InChI is InChI=1S/C22H25N3O2S/c1-3-21(14-18-10-6-4-7-11-18)28(26,27)22-15-20(16-23-2)24-25(22)17-19-12-8-5-9-13-19/h3-13,15,21,23H,1,14,16-17H2,2H3. The van der Waals surface area contributed by atoms with Crippen LogP contribution in [0.2, 0.25) is 0 Å². The molecule has 0 spiro atoms.